The van der Waals surface area contributed by atoms with Crippen molar-refractivity contribution in [2.24, 2.45) is 5.92 Å². The molecule has 0 amide bonds. The lowest BCUT2D eigenvalue weighted by Crippen LogP contribution is -2.13. The number of nitrogens with two attached hydrogens (primary N) is 1. The molecule has 0 bridgehead atoms. The number of anilines is 1. The third-order valence-corrected chi connectivity index (χ3v) is 4.55. The van der Waals surface area contributed by atoms with Gasteiger partial charge in [-0.1, -0.05) is 0 Å². The summed E-state index contributed by atoms with van der Waals surface area (Å²) in [4.78, 5) is 4.38. The normalized spacial score (nSPS) is 20.8. The molecule has 1 fully saturated rings. The first-order valence-electron chi connectivity index (χ1n) is 5.99. The Kier molecular flexibility index (Phi) is 2.93. The van der Waals surface area contributed by atoms with Gasteiger partial charge in [-0.3, -0.25) is 0 Å². The summed E-state index contributed by atoms with van der Waals surface area (Å²) >= 11 is 2.06. The fourth-order valence-electron chi connectivity index (χ4n) is 2.38. The summed E-state index contributed by atoms with van der Waals surface area (Å²) in [5.41, 5.74) is 8.00. The van der Waals surface area contributed by atoms with Gasteiger partial charge in [-0.05, 0) is 42.8 Å². The van der Waals surface area contributed by atoms with E-state index < -0.39 is 0 Å². The maximum atomic E-state index is 5.86. The van der Waals surface area contributed by atoms with Crippen LogP contribution < -0.4 is 5.73 Å². The highest BCUT2D eigenvalue weighted by molar-refractivity contribution is 7.99. The zero-order valence-electron chi connectivity index (χ0n) is 9.67. The highest BCUT2D eigenvalue weighted by Gasteiger charge is 2.17. The van der Waals surface area contributed by atoms with Crippen LogP contribution in [0.5, 0.6) is 0 Å². The Morgan fingerprint density at radius 2 is 2.47 bits per heavy atom. The predicted molar refractivity (Wildman–Crippen MR) is 71.2 cm³/mol. The molecule has 1 aliphatic rings. The van der Waals surface area contributed by atoms with Gasteiger partial charge in [0.1, 0.15) is 5.82 Å². The Balaban J connectivity index is 1.87. The molecule has 2 N–H and O–H groups in total. The fraction of sp³-hybridized carbons (Fsp3) is 0.500. The largest absolute Gasteiger partial charge is 0.384 e. The topological polar surface area (TPSA) is 56.2 Å². The van der Waals surface area contributed by atoms with Gasteiger partial charge in [0, 0.05) is 11.8 Å². The molecule has 5 heteroatoms. The first kappa shape index (κ1) is 10.9. The lowest BCUT2D eigenvalue weighted by molar-refractivity contribution is 0.522. The average molecular weight is 248 g/mol. The van der Waals surface area contributed by atoms with E-state index in [1.165, 1.54) is 29.9 Å². The molecule has 3 heterocycles. The highest BCUT2D eigenvalue weighted by atomic mass is 32.2. The van der Waals surface area contributed by atoms with Gasteiger partial charge >= 0.3 is 0 Å². The van der Waals surface area contributed by atoms with Gasteiger partial charge in [0.05, 0.1) is 6.20 Å². The Bertz CT molecular complexity index is 516. The molecule has 90 valence electrons. The lowest BCUT2D eigenvalue weighted by Gasteiger charge is -2.20. The number of aromatic nitrogens is 3. The molecule has 0 saturated carbocycles. The highest BCUT2D eigenvalue weighted by Crippen LogP contribution is 2.26. The summed E-state index contributed by atoms with van der Waals surface area (Å²) in [7, 11) is 0. The van der Waals surface area contributed by atoms with Crippen LogP contribution in [0.15, 0.2) is 18.5 Å². The summed E-state index contributed by atoms with van der Waals surface area (Å²) in [6.07, 6.45) is 7.41. The van der Waals surface area contributed by atoms with Crippen LogP contribution in [0.2, 0.25) is 0 Å². The Labute approximate surface area is 105 Å². The molecule has 1 unspecified atom stereocenters. The fourth-order valence-corrected chi connectivity index (χ4v) is 3.54. The number of nitrogens with zero attached hydrogens (tertiary/aromatic N) is 3. The monoisotopic (exact) mass is 248 g/mol. The molecule has 2 aromatic rings. The minimum Gasteiger partial charge on any atom is -0.384 e. The summed E-state index contributed by atoms with van der Waals surface area (Å²) in [6, 6.07) is 1.78. The number of rotatable bonds is 2. The number of thioether (sulfide) groups is 1. The summed E-state index contributed by atoms with van der Waals surface area (Å²) < 4.78 is 1.73. The molecule has 2 aromatic heterocycles. The molecular weight excluding hydrogens is 232 g/mol. The summed E-state index contributed by atoms with van der Waals surface area (Å²) in [5, 5.41) is 4.31. The second-order valence-corrected chi connectivity index (χ2v) is 5.71. The van der Waals surface area contributed by atoms with Crippen molar-refractivity contribution in [2.45, 2.75) is 19.3 Å². The molecular formula is C12H16N4S. The zero-order valence-corrected chi connectivity index (χ0v) is 10.5. The third kappa shape index (κ3) is 2.11. The number of hydrogen-bond donors (Lipinski definition) is 1. The van der Waals surface area contributed by atoms with Gasteiger partial charge in [0.15, 0.2) is 5.65 Å². The zero-order chi connectivity index (χ0) is 11.7. The molecule has 4 nitrogen and oxygen atoms in total. The van der Waals surface area contributed by atoms with E-state index in [1.54, 1.807) is 16.8 Å². The van der Waals surface area contributed by atoms with Crippen molar-refractivity contribution < 1.29 is 0 Å². The third-order valence-electron chi connectivity index (χ3n) is 3.27. The number of hydrogen-bond acceptors (Lipinski definition) is 4. The first-order chi connectivity index (χ1) is 8.34. The lowest BCUT2D eigenvalue weighted by atomic mass is 9.98. The van der Waals surface area contributed by atoms with Crippen molar-refractivity contribution in [1.82, 2.24) is 14.6 Å². The van der Waals surface area contributed by atoms with Crippen LogP contribution in [0.3, 0.4) is 0 Å². The second-order valence-electron chi connectivity index (χ2n) is 4.56. The maximum absolute atomic E-state index is 5.86. The van der Waals surface area contributed by atoms with Crippen molar-refractivity contribution in [1.29, 1.82) is 0 Å². The van der Waals surface area contributed by atoms with Crippen LogP contribution in [0.25, 0.3) is 5.65 Å². The molecule has 0 aliphatic carbocycles. The Morgan fingerprint density at radius 1 is 1.53 bits per heavy atom. The van der Waals surface area contributed by atoms with Crippen LogP contribution in [-0.4, -0.2) is 26.1 Å². The van der Waals surface area contributed by atoms with E-state index in [-0.39, 0.29) is 0 Å². The van der Waals surface area contributed by atoms with Crippen LogP contribution in [-0.2, 0) is 6.42 Å². The van der Waals surface area contributed by atoms with E-state index in [0.717, 1.165) is 18.0 Å². The van der Waals surface area contributed by atoms with E-state index in [9.17, 15) is 0 Å². The van der Waals surface area contributed by atoms with Crippen LogP contribution in [0.1, 0.15) is 18.4 Å². The smallest absolute Gasteiger partial charge is 0.160 e. The van der Waals surface area contributed by atoms with Gasteiger partial charge < -0.3 is 5.73 Å². The van der Waals surface area contributed by atoms with Crippen LogP contribution in [0.4, 0.5) is 5.82 Å². The Morgan fingerprint density at radius 3 is 3.29 bits per heavy atom. The molecule has 1 atom stereocenters. The molecule has 17 heavy (non-hydrogen) atoms. The SMILES string of the molecule is Nc1ccnc2c(CC3CCCSC3)cnn12. The minimum absolute atomic E-state index is 0.652. The van der Waals surface area contributed by atoms with Gasteiger partial charge in [-0.15, -0.1) is 0 Å². The van der Waals surface area contributed by atoms with E-state index in [0.29, 0.717) is 5.82 Å². The van der Waals surface area contributed by atoms with Crippen molar-refractivity contribution in [2.75, 3.05) is 17.2 Å². The van der Waals surface area contributed by atoms with Gasteiger partial charge in [-0.2, -0.15) is 21.4 Å². The molecule has 3 rings (SSSR count). The summed E-state index contributed by atoms with van der Waals surface area (Å²) in [6.45, 7) is 0. The molecule has 1 saturated heterocycles. The van der Waals surface area contributed by atoms with E-state index >= 15 is 0 Å². The van der Waals surface area contributed by atoms with Crippen LogP contribution in [0, 0.1) is 5.92 Å². The predicted octanol–water partition coefficient (Wildman–Crippen LogP) is 2.00. The standard InChI is InChI=1S/C12H16N4S/c13-11-3-4-14-12-10(7-15-16(11)12)6-9-2-1-5-17-8-9/h3-4,7,9H,1-2,5-6,8,13H2. The maximum Gasteiger partial charge on any atom is 0.160 e. The van der Waals surface area contributed by atoms with Gasteiger partial charge in [0.2, 0.25) is 0 Å². The molecule has 0 spiro atoms. The van der Waals surface area contributed by atoms with Crippen LogP contribution >= 0.6 is 11.8 Å². The van der Waals surface area contributed by atoms with Crippen molar-refractivity contribution in [3.05, 3.63) is 24.0 Å². The molecule has 0 radical (unpaired) electrons. The van der Waals surface area contributed by atoms with E-state index in [4.69, 9.17) is 5.73 Å². The Hall–Kier alpha value is -1.23. The molecule has 1 aliphatic heterocycles. The minimum atomic E-state index is 0.652. The van der Waals surface area contributed by atoms with E-state index in [2.05, 4.69) is 21.8 Å². The number of nitrogen functional groups attached to an aromatic ring is 1. The van der Waals surface area contributed by atoms with Crippen molar-refractivity contribution >= 4 is 23.2 Å². The van der Waals surface area contributed by atoms with Gasteiger partial charge in [-0.25, -0.2) is 4.98 Å². The molecule has 0 aromatic carbocycles. The van der Waals surface area contributed by atoms with Gasteiger partial charge in [0.25, 0.3) is 0 Å². The van der Waals surface area contributed by atoms with E-state index in [1.807, 2.05) is 6.20 Å². The average Bonchev–Trinajstić information content (AvgIpc) is 2.76. The first-order valence-corrected chi connectivity index (χ1v) is 7.15. The summed E-state index contributed by atoms with van der Waals surface area (Å²) in [5.74, 6) is 4.00. The second kappa shape index (κ2) is 4.56. The quantitative estimate of drug-likeness (QED) is 0.883. The van der Waals surface area contributed by atoms with Crippen molar-refractivity contribution in [3.63, 3.8) is 0 Å². The number of fused-ring (bicyclic) bond motifs is 1. The van der Waals surface area contributed by atoms with Crippen molar-refractivity contribution in [3.8, 4) is 0 Å².